The van der Waals surface area contributed by atoms with Crippen LogP contribution >= 0.6 is 0 Å². The number of aryl methyl sites for hydroxylation is 1. The molecule has 0 spiro atoms. The summed E-state index contributed by atoms with van der Waals surface area (Å²) in [5, 5.41) is 2.87. The number of benzene rings is 1. The average Bonchev–Trinajstić information content (AvgIpc) is 2.36. The van der Waals surface area contributed by atoms with E-state index in [9.17, 15) is 4.79 Å². The summed E-state index contributed by atoms with van der Waals surface area (Å²) in [5.41, 5.74) is 8.51. The Kier molecular flexibility index (Phi) is 5.65. The first-order valence-corrected chi connectivity index (χ1v) is 6.51. The van der Waals surface area contributed by atoms with Crippen LogP contribution < -0.4 is 11.1 Å². The largest absolute Gasteiger partial charge is 0.398 e. The third kappa shape index (κ3) is 4.04. The van der Waals surface area contributed by atoms with Gasteiger partial charge in [0.25, 0.3) is 0 Å². The molecule has 0 unspecified atom stereocenters. The second kappa shape index (κ2) is 7.01. The molecule has 1 amide bonds. The molecule has 1 aromatic carbocycles. The van der Waals surface area contributed by atoms with Crippen LogP contribution in [0.1, 0.15) is 26.3 Å². The fourth-order valence-corrected chi connectivity index (χ4v) is 1.85. The fourth-order valence-electron chi connectivity index (χ4n) is 1.85. The van der Waals surface area contributed by atoms with Crippen molar-refractivity contribution in [2.75, 3.05) is 30.7 Å². The Morgan fingerprint density at radius 3 is 2.44 bits per heavy atom. The Morgan fingerprint density at radius 2 is 1.94 bits per heavy atom. The van der Waals surface area contributed by atoms with Crippen molar-refractivity contribution in [2.24, 2.45) is 0 Å². The van der Waals surface area contributed by atoms with E-state index in [1.807, 2.05) is 32.0 Å². The number of carbonyl (C=O) groups is 1. The lowest BCUT2D eigenvalue weighted by molar-refractivity contribution is -0.117. The Labute approximate surface area is 109 Å². The van der Waals surface area contributed by atoms with Crippen LogP contribution in [-0.2, 0) is 11.2 Å². The highest BCUT2D eigenvalue weighted by Gasteiger charge is 2.08. The van der Waals surface area contributed by atoms with Crippen molar-refractivity contribution in [3.05, 3.63) is 23.8 Å². The van der Waals surface area contributed by atoms with E-state index in [2.05, 4.69) is 17.1 Å². The maximum atomic E-state index is 11.8. The summed E-state index contributed by atoms with van der Waals surface area (Å²) in [6, 6.07) is 5.68. The Morgan fingerprint density at radius 1 is 1.28 bits per heavy atom. The topological polar surface area (TPSA) is 58.4 Å². The van der Waals surface area contributed by atoms with Gasteiger partial charge in [-0.25, -0.2) is 0 Å². The Bertz CT molecular complexity index is 400. The van der Waals surface area contributed by atoms with E-state index in [1.165, 1.54) is 0 Å². The van der Waals surface area contributed by atoms with E-state index in [0.717, 1.165) is 36.4 Å². The monoisotopic (exact) mass is 249 g/mol. The maximum absolute atomic E-state index is 11.8. The summed E-state index contributed by atoms with van der Waals surface area (Å²) in [6.07, 6.45) is 0.902. The highest BCUT2D eigenvalue weighted by Crippen LogP contribution is 2.18. The first-order chi connectivity index (χ1) is 8.60. The molecule has 100 valence electrons. The van der Waals surface area contributed by atoms with Crippen molar-refractivity contribution in [1.29, 1.82) is 0 Å². The Balaban J connectivity index is 2.62. The van der Waals surface area contributed by atoms with Crippen molar-refractivity contribution < 1.29 is 4.79 Å². The normalized spacial score (nSPS) is 10.7. The summed E-state index contributed by atoms with van der Waals surface area (Å²) in [5.74, 6) is 0.00217. The van der Waals surface area contributed by atoms with Gasteiger partial charge in [0.05, 0.1) is 6.54 Å². The highest BCUT2D eigenvalue weighted by atomic mass is 16.2. The molecule has 0 radical (unpaired) electrons. The van der Waals surface area contributed by atoms with Gasteiger partial charge in [-0.15, -0.1) is 0 Å². The molecule has 0 heterocycles. The smallest absolute Gasteiger partial charge is 0.238 e. The van der Waals surface area contributed by atoms with Crippen LogP contribution in [0.25, 0.3) is 0 Å². The molecule has 0 aliphatic heterocycles. The second-order valence-electron chi connectivity index (χ2n) is 4.28. The third-order valence-electron chi connectivity index (χ3n) is 3.07. The minimum Gasteiger partial charge on any atom is -0.398 e. The summed E-state index contributed by atoms with van der Waals surface area (Å²) in [7, 11) is 0. The molecule has 3 N–H and O–H groups in total. The van der Waals surface area contributed by atoms with Crippen LogP contribution in [0.5, 0.6) is 0 Å². The first-order valence-electron chi connectivity index (χ1n) is 6.51. The molecule has 1 aromatic rings. The first kappa shape index (κ1) is 14.5. The highest BCUT2D eigenvalue weighted by molar-refractivity contribution is 5.92. The number of likely N-dealkylation sites (N-methyl/N-ethyl adjacent to an activating group) is 1. The van der Waals surface area contributed by atoms with Gasteiger partial charge in [-0.1, -0.05) is 26.8 Å². The number of hydrogen-bond acceptors (Lipinski definition) is 3. The lowest BCUT2D eigenvalue weighted by Gasteiger charge is -2.17. The molecule has 0 saturated heterocycles. The van der Waals surface area contributed by atoms with Gasteiger partial charge in [0, 0.05) is 11.4 Å². The number of nitrogen functional groups attached to an aromatic ring is 1. The molecular weight excluding hydrogens is 226 g/mol. The quantitative estimate of drug-likeness (QED) is 0.759. The van der Waals surface area contributed by atoms with E-state index < -0.39 is 0 Å². The van der Waals surface area contributed by atoms with E-state index in [0.29, 0.717) is 6.54 Å². The van der Waals surface area contributed by atoms with E-state index in [4.69, 9.17) is 5.73 Å². The third-order valence-corrected chi connectivity index (χ3v) is 3.07. The van der Waals surface area contributed by atoms with Crippen LogP contribution in [0.15, 0.2) is 18.2 Å². The standard InChI is InChI=1S/C14H23N3O/c1-4-11-7-8-12(9-13(11)15)16-14(18)10-17(5-2)6-3/h7-9H,4-6,10,15H2,1-3H3,(H,16,18). The van der Waals surface area contributed by atoms with Crippen LogP contribution in [0, 0.1) is 0 Å². The number of nitrogens with zero attached hydrogens (tertiary/aromatic N) is 1. The number of carbonyl (C=O) groups excluding carboxylic acids is 1. The molecule has 4 heteroatoms. The van der Waals surface area contributed by atoms with Gasteiger partial charge in [0.15, 0.2) is 0 Å². The number of anilines is 2. The van der Waals surface area contributed by atoms with Crippen LogP contribution in [0.3, 0.4) is 0 Å². The SMILES string of the molecule is CCc1ccc(NC(=O)CN(CC)CC)cc1N. The summed E-state index contributed by atoms with van der Waals surface area (Å²) < 4.78 is 0. The van der Waals surface area contributed by atoms with Gasteiger partial charge >= 0.3 is 0 Å². The van der Waals surface area contributed by atoms with E-state index in [1.54, 1.807) is 0 Å². The summed E-state index contributed by atoms with van der Waals surface area (Å²) in [6.45, 7) is 8.32. The van der Waals surface area contributed by atoms with Gasteiger partial charge < -0.3 is 11.1 Å². The van der Waals surface area contributed by atoms with Crippen molar-refractivity contribution in [2.45, 2.75) is 27.2 Å². The van der Waals surface area contributed by atoms with Gasteiger partial charge in [0.1, 0.15) is 0 Å². The number of amides is 1. The predicted octanol–water partition coefficient (Wildman–Crippen LogP) is 2.11. The lowest BCUT2D eigenvalue weighted by atomic mass is 10.1. The molecule has 18 heavy (non-hydrogen) atoms. The van der Waals surface area contributed by atoms with Crippen molar-refractivity contribution in [3.8, 4) is 0 Å². The minimum atomic E-state index is 0.00217. The molecule has 1 rings (SSSR count). The molecule has 0 aliphatic carbocycles. The number of rotatable bonds is 6. The number of hydrogen-bond donors (Lipinski definition) is 2. The van der Waals surface area contributed by atoms with Crippen LogP contribution in [0.4, 0.5) is 11.4 Å². The molecule has 4 nitrogen and oxygen atoms in total. The van der Waals surface area contributed by atoms with E-state index in [-0.39, 0.29) is 5.91 Å². The van der Waals surface area contributed by atoms with Gasteiger partial charge in [-0.2, -0.15) is 0 Å². The van der Waals surface area contributed by atoms with Crippen LogP contribution in [0.2, 0.25) is 0 Å². The van der Waals surface area contributed by atoms with Crippen molar-refractivity contribution in [3.63, 3.8) is 0 Å². The minimum absolute atomic E-state index is 0.00217. The molecule has 0 saturated carbocycles. The fraction of sp³-hybridized carbons (Fsp3) is 0.500. The molecule has 0 bridgehead atoms. The summed E-state index contributed by atoms with van der Waals surface area (Å²) in [4.78, 5) is 13.9. The van der Waals surface area contributed by atoms with E-state index >= 15 is 0 Å². The summed E-state index contributed by atoms with van der Waals surface area (Å²) >= 11 is 0. The lowest BCUT2D eigenvalue weighted by Crippen LogP contribution is -2.32. The maximum Gasteiger partial charge on any atom is 0.238 e. The molecule has 0 atom stereocenters. The molecular formula is C14H23N3O. The van der Waals surface area contributed by atoms with Crippen LogP contribution in [-0.4, -0.2) is 30.4 Å². The molecule has 0 aromatic heterocycles. The number of nitrogens with one attached hydrogen (secondary N) is 1. The van der Waals surface area contributed by atoms with Crippen molar-refractivity contribution in [1.82, 2.24) is 4.90 Å². The number of nitrogens with two attached hydrogens (primary N) is 1. The van der Waals surface area contributed by atoms with Gasteiger partial charge in [-0.05, 0) is 37.2 Å². The second-order valence-corrected chi connectivity index (χ2v) is 4.28. The molecule has 0 aliphatic rings. The van der Waals surface area contributed by atoms with Crippen molar-refractivity contribution >= 4 is 17.3 Å². The Hall–Kier alpha value is -1.55. The van der Waals surface area contributed by atoms with Gasteiger partial charge in [0.2, 0.25) is 5.91 Å². The van der Waals surface area contributed by atoms with Gasteiger partial charge in [-0.3, -0.25) is 9.69 Å². The zero-order chi connectivity index (χ0) is 13.5. The zero-order valence-corrected chi connectivity index (χ0v) is 11.5. The zero-order valence-electron chi connectivity index (χ0n) is 11.5. The molecule has 0 fully saturated rings. The predicted molar refractivity (Wildman–Crippen MR) is 76.7 cm³/mol. The average molecular weight is 249 g/mol.